The van der Waals surface area contributed by atoms with E-state index in [2.05, 4.69) is 19.2 Å². The molecule has 20 heavy (non-hydrogen) atoms. The third-order valence-corrected chi connectivity index (χ3v) is 4.16. The highest BCUT2D eigenvalue weighted by Gasteiger charge is 2.30. The molecule has 1 aromatic carbocycles. The van der Waals surface area contributed by atoms with Crippen LogP contribution >= 0.6 is 0 Å². The van der Waals surface area contributed by atoms with Gasteiger partial charge in [-0.25, -0.2) is 0 Å². The Morgan fingerprint density at radius 3 is 2.60 bits per heavy atom. The molecule has 2 rings (SSSR count). The molecule has 1 saturated carbocycles. The van der Waals surface area contributed by atoms with E-state index >= 15 is 0 Å². The highest BCUT2D eigenvalue weighted by Crippen LogP contribution is 2.30. The average molecular weight is 272 g/mol. The first-order valence-electron chi connectivity index (χ1n) is 7.02. The molecule has 3 atom stereocenters. The Morgan fingerprint density at radius 2 is 2.05 bits per heavy atom. The van der Waals surface area contributed by atoms with E-state index in [0.29, 0.717) is 23.1 Å². The minimum atomic E-state index is -0.0830. The molecule has 0 aromatic heterocycles. The summed E-state index contributed by atoms with van der Waals surface area (Å²) in [5.41, 5.74) is 0.579. The summed E-state index contributed by atoms with van der Waals surface area (Å²) in [5.74, 6) is 1.71. The lowest BCUT2D eigenvalue weighted by Gasteiger charge is -2.19. The van der Waals surface area contributed by atoms with E-state index in [1.54, 1.807) is 24.3 Å². The first-order valence-corrected chi connectivity index (χ1v) is 7.02. The third kappa shape index (κ3) is 3.51. The van der Waals surface area contributed by atoms with Crippen molar-refractivity contribution in [1.82, 2.24) is 5.32 Å². The number of nitrogens with zero attached hydrogens (tertiary/aromatic N) is 1. The molecular formula is C16H20N2O2. The molecule has 3 unspecified atom stereocenters. The zero-order valence-corrected chi connectivity index (χ0v) is 11.9. The van der Waals surface area contributed by atoms with Crippen LogP contribution < -0.4 is 10.1 Å². The van der Waals surface area contributed by atoms with Crippen molar-refractivity contribution < 1.29 is 9.53 Å². The third-order valence-electron chi connectivity index (χ3n) is 4.16. The van der Waals surface area contributed by atoms with Crippen molar-refractivity contribution in [3.05, 3.63) is 29.8 Å². The van der Waals surface area contributed by atoms with Crippen molar-refractivity contribution in [2.75, 3.05) is 6.61 Å². The zero-order chi connectivity index (χ0) is 14.5. The maximum atomic E-state index is 11.9. The van der Waals surface area contributed by atoms with Gasteiger partial charge in [0.05, 0.1) is 11.6 Å². The van der Waals surface area contributed by atoms with Crippen molar-refractivity contribution in [3.63, 3.8) is 0 Å². The number of ether oxygens (including phenoxy) is 1. The van der Waals surface area contributed by atoms with Gasteiger partial charge in [0.15, 0.2) is 6.61 Å². The van der Waals surface area contributed by atoms with E-state index < -0.39 is 0 Å². The molecule has 1 amide bonds. The van der Waals surface area contributed by atoms with Gasteiger partial charge in [-0.1, -0.05) is 13.8 Å². The molecule has 4 heteroatoms. The Bertz CT molecular complexity index is 504. The van der Waals surface area contributed by atoms with Crippen LogP contribution in [0.3, 0.4) is 0 Å². The quantitative estimate of drug-likeness (QED) is 0.916. The van der Waals surface area contributed by atoms with Gasteiger partial charge in [0, 0.05) is 6.04 Å². The van der Waals surface area contributed by atoms with Crippen molar-refractivity contribution >= 4 is 5.91 Å². The van der Waals surface area contributed by atoms with E-state index in [0.717, 1.165) is 6.42 Å². The molecule has 1 N–H and O–H groups in total. The van der Waals surface area contributed by atoms with E-state index in [4.69, 9.17) is 10.00 Å². The molecule has 0 aliphatic heterocycles. The van der Waals surface area contributed by atoms with Crippen LogP contribution in [0.4, 0.5) is 0 Å². The molecule has 106 valence electrons. The number of hydrogen-bond acceptors (Lipinski definition) is 3. The second kappa shape index (κ2) is 6.42. The fraction of sp³-hybridized carbons (Fsp3) is 0.500. The van der Waals surface area contributed by atoms with Crippen LogP contribution in [0.15, 0.2) is 24.3 Å². The van der Waals surface area contributed by atoms with Crippen LogP contribution in [0, 0.1) is 23.2 Å². The van der Waals surface area contributed by atoms with Gasteiger partial charge in [-0.05, 0) is 48.9 Å². The van der Waals surface area contributed by atoms with Crippen LogP contribution in [0.5, 0.6) is 5.75 Å². The molecule has 0 spiro atoms. The Labute approximate surface area is 119 Å². The van der Waals surface area contributed by atoms with Gasteiger partial charge in [-0.3, -0.25) is 4.79 Å². The molecule has 1 aliphatic rings. The standard InChI is InChI=1S/C16H20N2O2/c1-11-3-8-15(12(11)2)18-16(19)10-20-14-6-4-13(9-17)5-7-14/h4-7,11-12,15H,3,8,10H2,1-2H3,(H,18,19). The molecule has 4 nitrogen and oxygen atoms in total. The summed E-state index contributed by atoms with van der Waals surface area (Å²) < 4.78 is 5.42. The highest BCUT2D eigenvalue weighted by atomic mass is 16.5. The normalized spacial score (nSPS) is 24.9. The monoisotopic (exact) mass is 272 g/mol. The molecule has 0 radical (unpaired) electrons. The fourth-order valence-electron chi connectivity index (χ4n) is 2.59. The van der Waals surface area contributed by atoms with Gasteiger partial charge in [0.1, 0.15) is 5.75 Å². The Balaban J connectivity index is 1.79. The molecule has 1 aliphatic carbocycles. The second-order valence-electron chi connectivity index (χ2n) is 5.51. The van der Waals surface area contributed by atoms with Crippen molar-refractivity contribution in [2.45, 2.75) is 32.7 Å². The van der Waals surface area contributed by atoms with Crippen LogP contribution in [-0.4, -0.2) is 18.6 Å². The Kier molecular flexibility index (Phi) is 4.62. The number of nitrogens with one attached hydrogen (secondary N) is 1. The van der Waals surface area contributed by atoms with Gasteiger partial charge >= 0.3 is 0 Å². The van der Waals surface area contributed by atoms with E-state index in [1.165, 1.54) is 6.42 Å². The van der Waals surface area contributed by atoms with E-state index in [1.807, 2.05) is 6.07 Å². The van der Waals surface area contributed by atoms with Crippen molar-refractivity contribution in [3.8, 4) is 11.8 Å². The summed E-state index contributed by atoms with van der Waals surface area (Å²) >= 11 is 0. The Hall–Kier alpha value is -2.02. The minimum Gasteiger partial charge on any atom is -0.484 e. The molecule has 1 fully saturated rings. The number of benzene rings is 1. The number of hydrogen-bond donors (Lipinski definition) is 1. The average Bonchev–Trinajstić information content (AvgIpc) is 2.78. The molecule has 0 bridgehead atoms. The lowest BCUT2D eigenvalue weighted by Crippen LogP contribution is -2.39. The molecular weight excluding hydrogens is 252 g/mol. The van der Waals surface area contributed by atoms with Crippen LogP contribution in [0.1, 0.15) is 32.3 Å². The van der Waals surface area contributed by atoms with Gasteiger partial charge < -0.3 is 10.1 Å². The van der Waals surface area contributed by atoms with Crippen molar-refractivity contribution in [2.24, 2.45) is 11.8 Å². The van der Waals surface area contributed by atoms with Gasteiger partial charge in [-0.2, -0.15) is 5.26 Å². The van der Waals surface area contributed by atoms with E-state index in [9.17, 15) is 4.79 Å². The van der Waals surface area contributed by atoms with E-state index in [-0.39, 0.29) is 18.6 Å². The fourth-order valence-corrected chi connectivity index (χ4v) is 2.59. The lowest BCUT2D eigenvalue weighted by molar-refractivity contribution is -0.124. The highest BCUT2D eigenvalue weighted by molar-refractivity contribution is 5.77. The number of carbonyl (C=O) groups excluding carboxylic acids is 1. The maximum Gasteiger partial charge on any atom is 0.258 e. The summed E-state index contributed by atoms with van der Waals surface area (Å²) in [6.45, 7) is 4.43. The predicted octanol–water partition coefficient (Wildman–Crippen LogP) is 2.49. The number of carbonyl (C=O) groups is 1. The summed E-state index contributed by atoms with van der Waals surface area (Å²) in [5, 5.41) is 11.7. The Morgan fingerprint density at radius 1 is 1.35 bits per heavy atom. The summed E-state index contributed by atoms with van der Waals surface area (Å²) in [6.07, 6.45) is 2.22. The largest absolute Gasteiger partial charge is 0.484 e. The maximum absolute atomic E-state index is 11.9. The second-order valence-corrected chi connectivity index (χ2v) is 5.51. The minimum absolute atomic E-state index is 0.0174. The molecule has 1 aromatic rings. The first-order chi connectivity index (χ1) is 9.60. The number of nitriles is 1. The smallest absolute Gasteiger partial charge is 0.258 e. The first kappa shape index (κ1) is 14.4. The summed E-state index contributed by atoms with van der Waals surface area (Å²) in [7, 11) is 0. The van der Waals surface area contributed by atoms with Crippen molar-refractivity contribution in [1.29, 1.82) is 5.26 Å². The topological polar surface area (TPSA) is 62.1 Å². The summed E-state index contributed by atoms with van der Waals surface area (Å²) in [4.78, 5) is 11.9. The van der Waals surface area contributed by atoms with Gasteiger partial charge in [0.2, 0.25) is 0 Å². The predicted molar refractivity (Wildman–Crippen MR) is 76.1 cm³/mol. The number of rotatable bonds is 4. The zero-order valence-electron chi connectivity index (χ0n) is 11.9. The lowest BCUT2D eigenvalue weighted by atomic mass is 9.98. The van der Waals surface area contributed by atoms with Crippen LogP contribution in [0.2, 0.25) is 0 Å². The van der Waals surface area contributed by atoms with Crippen LogP contribution in [0.25, 0.3) is 0 Å². The van der Waals surface area contributed by atoms with Gasteiger partial charge in [-0.15, -0.1) is 0 Å². The SMILES string of the molecule is CC1CCC(NC(=O)COc2ccc(C#N)cc2)C1C. The summed E-state index contributed by atoms with van der Waals surface area (Å²) in [6, 6.07) is 9.06. The number of amides is 1. The van der Waals surface area contributed by atoms with Gasteiger partial charge in [0.25, 0.3) is 5.91 Å². The molecule has 0 saturated heterocycles. The molecule has 0 heterocycles. The van der Waals surface area contributed by atoms with Crippen LogP contribution in [-0.2, 0) is 4.79 Å².